The van der Waals surface area contributed by atoms with Gasteiger partial charge in [-0.1, -0.05) is 34.8 Å². The molecule has 1 amide bonds. The Bertz CT molecular complexity index is 632. The van der Waals surface area contributed by atoms with Gasteiger partial charge in [-0.25, -0.2) is 0 Å². The molecule has 1 aromatic heterocycles. The molecular formula is C12H10Cl3N3O. The van der Waals surface area contributed by atoms with Gasteiger partial charge >= 0.3 is 0 Å². The van der Waals surface area contributed by atoms with Gasteiger partial charge in [0.25, 0.3) is 5.91 Å². The van der Waals surface area contributed by atoms with Crippen molar-refractivity contribution in [2.24, 2.45) is 0 Å². The van der Waals surface area contributed by atoms with E-state index in [4.69, 9.17) is 34.8 Å². The lowest BCUT2D eigenvalue weighted by Crippen LogP contribution is -2.14. The van der Waals surface area contributed by atoms with Gasteiger partial charge in [0.1, 0.15) is 0 Å². The highest BCUT2D eigenvalue weighted by Gasteiger charge is 2.17. The lowest BCUT2D eigenvalue weighted by Gasteiger charge is -2.08. The van der Waals surface area contributed by atoms with Gasteiger partial charge in [-0.2, -0.15) is 5.10 Å². The number of aryl methyl sites for hydroxylation is 2. The van der Waals surface area contributed by atoms with E-state index in [2.05, 4.69) is 15.5 Å². The molecule has 0 aliphatic heterocycles. The number of aromatic amines is 1. The van der Waals surface area contributed by atoms with Crippen LogP contribution in [0.3, 0.4) is 0 Å². The maximum atomic E-state index is 12.2. The first-order chi connectivity index (χ1) is 8.90. The van der Waals surface area contributed by atoms with Crippen LogP contribution in [-0.4, -0.2) is 16.1 Å². The highest BCUT2D eigenvalue weighted by molar-refractivity contribution is 6.44. The summed E-state index contributed by atoms with van der Waals surface area (Å²) in [5, 5.41) is 10.4. The number of anilines is 1. The summed E-state index contributed by atoms with van der Waals surface area (Å²) in [6.07, 6.45) is 0. The molecule has 4 nitrogen and oxygen atoms in total. The molecule has 0 unspecified atom stereocenters. The van der Waals surface area contributed by atoms with Crippen molar-refractivity contribution in [2.45, 2.75) is 13.8 Å². The normalized spacial score (nSPS) is 10.6. The Balaban J connectivity index is 2.32. The molecule has 100 valence electrons. The van der Waals surface area contributed by atoms with Crippen LogP contribution in [0.4, 0.5) is 5.69 Å². The molecule has 0 saturated heterocycles. The maximum absolute atomic E-state index is 12.2. The zero-order valence-corrected chi connectivity index (χ0v) is 12.4. The number of nitrogens with zero attached hydrogens (tertiary/aromatic N) is 1. The molecule has 0 atom stereocenters. The third-order valence-corrected chi connectivity index (χ3v) is 3.65. The molecule has 1 heterocycles. The Morgan fingerprint density at radius 3 is 2.37 bits per heavy atom. The van der Waals surface area contributed by atoms with Gasteiger partial charge < -0.3 is 5.32 Å². The quantitative estimate of drug-likeness (QED) is 0.814. The first-order valence-electron chi connectivity index (χ1n) is 5.37. The second-order valence-corrected chi connectivity index (χ2v) is 5.23. The van der Waals surface area contributed by atoms with Crippen molar-refractivity contribution in [2.75, 3.05) is 5.32 Å². The lowest BCUT2D eigenvalue weighted by molar-refractivity contribution is 0.102. The van der Waals surface area contributed by atoms with Gasteiger partial charge in [0.05, 0.1) is 32.0 Å². The summed E-state index contributed by atoms with van der Waals surface area (Å²) >= 11 is 17.7. The molecular weight excluding hydrogens is 309 g/mol. The van der Waals surface area contributed by atoms with Crippen LogP contribution in [0, 0.1) is 13.8 Å². The van der Waals surface area contributed by atoms with Crippen LogP contribution < -0.4 is 5.32 Å². The van der Waals surface area contributed by atoms with Gasteiger partial charge in [0.15, 0.2) is 0 Å². The number of benzene rings is 1. The predicted molar refractivity (Wildman–Crippen MR) is 77.5 cm³/mol. The second-order valence-electron chi connectivity index (χ2n) is 4.01. The number of hydrogen-bond acceptors (Lipinski definition) is 2. The molecule has 0 bridgehead atoms. The van der Waals surface area contributed by atoms with Crippen molar-refractivity contribution >= 4 is 46.4 Å². The molecule has 2 N–H and O–H groups in total. The van der Waals surface area contributed by atoms with Crippen LogP contribution in [0.5, 0.6) is 0 Å². The van der Waals surface area contributed by atoms with E-state index < -0.39 is 0 Å². The number of carbonyl (C=O) groups is 1. The van der Waals surface area contributed by atoms with Crippen molar-refractivity contribution in [1.82, 2.24) is 10.2 Å². The minimum absolute atomic E-state index is 0.302. The van der Waals surface area contributed by atoms with E-state index in [0.29, 0.717) is 37.7 Å². The number of halogens is 3. The smallest absolute Gasteiger partial charge is 0.259 e. The molecule has 0 aliphatic carbocycles. The third-order valence-electron chi connectivity index (χ3n) is 2.61. The summed E-state index contributed by atoms with van der Waals surface area (Å²) in [6, 6.07) is 2.99. The van der Waals surface area contributed by atoms with Crippen LogP contribution >= 0.6 is 34.8 Å². The largest absolute Gasteiger partial charge is 0.320 e. The number of aromatic nitrogens is 2. The van der Waals surface area contributed by atoms with Crippen molar-refractivity contribution in [1.29, 1.82) is 0 Å². The molecule has 2 aromatic rings. The fourth-order valence-corrected chi connectivity index (χ4v) is 2.28. The Labute approximate surface area is 125 Å². The standard InChI is InChI=1S/C12H10Cl3N3O/c1-5-11(6(2)18-17-5)12(19)16-10-4-8(14)7(13)3-9(10)15/h3-4H,1-2H3,(H,16,19)(H,17,18). The summed E-state index contributed by atoms with van der Waals surface area (Å²) < 4.78 is 0. The SMILES string of the molecule is Cc1n[nH]c(C)c1C(=O)Nc1cc(Cl)c(Cl)cc1Cl. The number of H-pyrrole nitrogens is 1. The Hall–Kier alpha value is -1.23. The van der Waals surface area contributed by atoms with E-state index in [1.54, 1.807) is 13.8 Å². The highest BCUT2D eigenvalue weighted by atomic mass is 35.5. The van der Waals surface area contributed by atoms with Crippen molar-refractivity contribution in [3.63, 3.8) is 0 Å². The molecule has 0 spiro atoms. The van der Waals surface area contributed by atoms with E-state index >= 15 is 0 Å². The van der Waals surface area contributed by atoms with E-state index in [-0.39, 0.29) is 5.91 Å². The molecule has 7 heteroatoms. The van der Waals surface area contributed by atoms with E-state index in [1.165, 1.54) is 12.1 Å². The van der Waals surface area contributed by atoms with Gasteiger partial charge in [-0.05, 0) is 26.0 Å². The summed E-state index contributed by atoms with van der Waals surface area (Å²) in [5.41, 5.74) is 2.19. The minimum Gasteiger partial charge on any atom is -0.320 e. The molecule has 0 fully saturated rings. The molecule has 0 saturated carbocycles. The van der Waals surface area contributed by atoms with Gasteiger partial charge in [0, 0.05) is 5.69 Å². The van der Waals surface area contributed by atoms with E-state index in [1.807, 2.05) is 0 Å². The number of amides is 1. The Morgan fingerprint density at radius 1 is 1.16 bits per heavy atom. The van der Waals surface area contributed by atoms with Crippen LogP contribution in [0.2, 0.25) is 15.1 Å². The fraction of sp³-hybridized carbons (Fsp3) is 0.167. The predicted octanol–water partition coefficient (Wildman–Crippen LogP) is 4.24. The number of hydrogen-bond donors (Lipinski definition) is 2. The zero-order chi connectivity index (χ0) is 14.2. The first-order valence-corrected chi connectivity index (χ1v) is 6.51. The molecule has 0 aliphatic rings. The zero-order valence-electron chi connectivity index (χ0n) is 10.1. The van der Waals surface area contributed by atoms with E-state index in [0.717, 1.165) is 0 Å². The Kier molecular flexibility index (Phi) is 4.04. The molecule has 2 rings (SSSR count). The third kappa shape index (κ3) is 2.86. The minimum atomic E-state index is -0.302. The summed E-state index contributed by atoms with van der Waals surface area (Å²) in [5.74, 6) is -0.302. The molecule has 19 heavy (non-hydrogen) atoms. The van der Waals surface area contributed by atoms with Gasteiger partial charge in [-0.15, -0.1) is 0 Å². The average molecular weight is 319 g/mol. The summed E-state index contributed by atoms with van der Waals surface area (Å²) in [6.45, 7) is 3.51. The second kappa shape index (κ2) is 5.41. The molecule has 1 aromatic carbocycles. The first kappa shape index (κ1) is 14.2. The van der Waals surface area contributed by atoms with Crippen LogP contribution in [0.25, 0.3) is 0 Å². The maximum Gasteiger partial charge on any atom is 0.259 e. The average Bonchev–Trinajstić information content (AvgIpc) is 2.66. The van der Waals surface area contributed by atoms with Gasteiger partial charge in [0.2, 0.25) is 0 Å². The van der Waals surface area contributed by atoms with Crippen LogP contribution in [-0.2, 0) is 0 Å². The fourth-order valence-electron chi connectivity index (χ4n) is 1.69. The monoisotopic (exact) mass is 317 g/mol. The van der Waals surface area contributed by atoms with Crippen molar-refractivity contribution < 1.29 is 4.79 Å². The number of carbonyl (C=O) groups excluding carboxylic acids is 1. The van der Waals surface area contributed by atoms with Crippen LogP contribution in [0.15, 0.2) is 12.1 Å². The highest BCUT2D eigenvalue weighted by Crippen LogP contribution is 2.32. The van der Waals surface area contributed by atoms with Crippen molar-refractivity contribution in [3.05, 3.63) is 44.2 Å². The number of rotatable bonds is 2. The van der Waals surface area contributed by atoms with E-state index in [9.17, 15) is 4.79 Å². The molecule has 0 radical (unpaired) electrons. The van der Waals surface area contributed by atoms with Crippen LogP contribution in [0.1, 0.15) is 21.7 Å². The summed E-state index contributed by atoms with van der Waals surface area (Å²) in [4.78, 5) is 12.2. The van der Waals surface area contributed by atoms with Crippen molar-refractivity contribution in [3.8, 4) is 0 Å². The van der Waals surface area contributed by atoms with Gasteiger partial charge in [-0.3, -0.25) is 9.89 Å². The lowest BCUT2D eigenvalue weighted by atomic mass is 10.2. The number of nitrogens with one attached hydrogen (secondary N) is 2. The Morgan fingerprint density at radius 2 is 1.79 bits per heavy atom. The summed E-state index contributed by atoms with van der Waals surface area (Å²) in [7, 11) is 0. The topological polar surface area (TPSA) is 57.8 Å².